The van der Waals surface area contributed by atoms with Crippen molar-refractivity contribution in [2.45, 2.75) is 19.3 Å². The van der Waals surface area contributed by atoms with Crippen molar-refractivity contribution >= 4 is 27.7 Å². The van der Waals surface area contributed by atoms with Crippen molar-refractivity contribution in [2.24, 2.45) is 0 Å². The van der Waals surface area contributed by atoms with Gasteiger partial charge in [0.05, 0.1) is 0 Å². The lowest BCUT2D eigenvalue weighted by Gasteiger charge is -2.14. The second-order valence-corrected chi connectivity index (χ2v) is 5.24. The third-order valence-corrected chi connectivity index (χ3v) is 3.43. The van der Waals surface area contributed by atoms with E-state index in [1.165, 1.54) is 0 Å². The maximum absolute atomic E-state index is 11.7. The van der Waals surface area contributed by atoms with Crippen molar-refractivity contribution in [3.05, 3.63) is 22.4 Å². The molecule has 0 saturated carbocycles. The van der Waals surface area contributed by atoms with Crippen LogP contribution in [0.2, 0.25) is 0 Å². The Labute approximate surface area is 114 Å². The molecular formula is C12H16BrN3O2. The number of halogens is 1. The Balaban J connectivity index is 1.71. The van der Waals surface area contributed by atoms with Crippen LogP contribution in [0.5, 0.6) is 0 Å². The Bertz CT molecular complexity index is 438. The van der Waals surface area contributed by atoms with Crippen molar-refractivity contribution in [3.63, 3.8) is 0 Å². The molecule has 0 aromatic carbocycles. The number of amides is 2. The van der Waals surface area contributed by atoms with Gasteiger partial charge in [0, 0.05) is 36.7 Å². The maximum Gasteiger partial charge on any atom is 0.267 e. The summed E-state index contributed by atoms with van der Waals surface area (Å²) in [5.41, 5.74) is 0.496. The molecule has 2 N–H and O–H groups in total. The molecule has 1 saturated heterocycles. The zero-order valence-corrected chi connectivity index (χ0v) is 11.6. The van der Waals surface area contributed by atoms with Crippen molar-refractivity contribution < 1.29 is 9.59 Å². The summed E-state index contributed by atoms with van der Waals surface area (Å²) >= 11 is 3.26. The van der Waals surface area contributed by atoms with Crippen molar-refractivity contribution in [1.82, 2.24) is 15.2 Å². The number of nitrogens with one attached hydrogen (secondary N) is 2. The predicted octanol–water partition coefficient (Wildman–Crippen LogP) is 1.52. The Kier molecular flexibility index (Phi) is 4.41. The number of nitrogens with zero attached hydrogens (tertiary/aromatic N) is 1. The minimum absolute atomic E-state index is 0.125. The number of likely N-dealkylation sites (tertiary alicyclic amines) is 1. The first-order chi connectivity index (χ1) is 8.66. The van der Waals surface area contributed by atoms with Gasteiger partial charge in [-0.15, -0.1) is 0 Å². The lowest BCUT2D eigenvalue weighted by molar-refractivity contribution is -0.129. The summed E-state index contributed by atoms with van der Waals surface area (Å²) in [6.45, 7) is 2.09. The average molecular weight is 314 g/mol. The van der Waals surface area contributed by atoms with Gasteiger partial charge in [-0.05, 0) is 34.8 Å². The highest BCUT2D eigenvalue weighted by Crippen LogP contribution is 2.10. The summed E-state index contributed by atoms with van der Waals surface area (Å²) in [7, 11) is 0. The fourth-order valence-corrected chi connectivity index (χ4v) is 2.35. The molecule has 0 atom stereocenters. The number of carbonyl (C=O) groups excluding carboxylic acids is 2. The summed E-state index contributed by atoms with van der Waals surface area (Å²) in [5.74, 6) is -0.0598. The van der Waals surface area contributed by atoms with E-state index in [1.807, 2.05) is 4.90 Å². The fourth-order valence-electron chi connectivity index (χ4n) is 2.00. The number of rotatable bonds is 4. The largest absolute Gasteiger partial charge is 0.356 e. The molecule has 1 aliphatic rings. The van der Waals surface area contributed by atoms with Gasteiger partial charge >= 0.3 is 0 Å². The van der Waals surface area contributed by atoms with E-state index in [9.17, 15) is 9.59 Å². The van der Waals surface area contributed by atoms with Crippen LogP contribution in [0.3, 0.4) is 0 Å². The van der Waals surface area contributed by atoms with Gasteiger partial charge in [0.1, 0.15) is 5.69 Å². The molecule has 2 heterocycles. The molecule has 2 rings (SSSR count). The number of hydrogen-bond donors (Lipinski definition) is 2. The zero-order chi connectivity index (χ0) is 13.0. The Morgan fingerprint density at radius 3 is 2.72 bits per heavy atom. The molecule has 1 aromatic rings. The van der Waals surface area contributed by atoms with Crippen LogP contribution >= 0.6 is 15.9 Å². The summed E-state index contributed by atoms with van der Waals surface area (Å²) in [6, 6.07) is 1.71. The van der Waals surface area contributed by atoms with E-state index in [2.05, 4.69) is 26.2 Å². The molecule has 0 bridgehead atoms. The van der Waals surface area contributed by atoms with E-state index in [0.717, 1.165) is 30.4 Å². The second-order valence-electron chi connectivity index (χ2n) is 4.33. The predicted molar refractivity (Wildman–Crippen MR) is 71.3 cm³/mol. The maximum atomic E-state index is 11.7. The van der Waals surface area contributed by atoms with Gasteiger partial charge in [-0.25, -0.2) is 0 Å². The molecule has 6 heteroatoms. The number of aromatic nitrogens is 1. The standard InChI is InChI=1S/C12H16BrN3O2/c13-9-7-10(15-8-9)12(18)14-4-3-11(17)16-5-1-2-6-16/h7-8,15H,1-6H2,(H,14,18). The molecule has 2 amide bonds. The van der Waals surface area contributed by atoms with Gasteiger partial charge in [-0.1, -0.05) is 0 Å². The molecule has 0 aliphatic carbocycles. The molecular weight excluding hydrogens is 298 g/mol. The summed E-state index contributed by atoms with van der Waals surface area (Å²) < 4.78 is 0.834. The summed E-state index contributed by atoms with van der Waals surface area (Å²) in [6.07, 6.45) is 4.25. The smallest absolute Gasteiger partial charge is 0.267 e. The number of hydrogen-bond acceptors (Lipinski definition) is 2. The Morgan fingerprint density at radius 1 is 1.39 bits per heavy atom. The van der Waals surface area contributed by atoms with Gasteiger partial charge in [0.2, 0.25) is 5.91 Å². The molecule has 0 radical (unpaired) electrons. The zero-order valence-electron chi connectivity index (χ0n) is 10.0. The topological polar surface area (TPSA) is 65.2 Å². The van der Waals surface area contributed by atoms with Gasteiger partial charge in [0.25, 0.3) is 5.91 Å². The SMILES string of the molecule is O=C(NCCC(=O)N1CCCC1)c1cc(Br)c[nH]1. The van der Waals surface area contributed by atoms with Gasteiger partial charge < -0.3 is 15.2 Å². The monoisotopic (exact) mass is 313 g/mol. The van der Waals surface area contributed by atoms with Crippen molar-refractivity contribution in [1.29, 1.82) is 0 Å². The summed E-state index contributed by atoms with van der Waals surface area (Å²) in [5, 5.41) is 2.73. The van der Waals surface area contributed by atoms with E-state index in [4.69, 9.17) is 0 Å². The number of carbonyl (C=O) groups is 2. The molecule has 0 spiro atoms. The van der Waals surface area contributed by atoms with E-state index in [0.29, 0.717) is 18.7 Å². The van der Waals surface area contributed by atoms with Crippen LogP contribution in [0, 0.1) is 0 Å². The van der Waals surface area contributed by atoms with Gasteiger partial charge in [-0.3, -0.25) is 9.59 Å². The molecule has 5 nitrogen and oxygen atoms in total. The second kappa shape index (κ2) is 6.04. The average Bonchev–Trinajstić information content (AvgIpc) is 2.99. The lowest BCUT2D eigenvalue weighted by atomic mass is 10.3. The molecule has 0 unspecified atom stereocenters. The lowest BCUT2D eigenvalue weighted by Crippen LogP contribution is -2.32. The number of aromatic amines is 1. The fraction of sp³-hybridized carbons (Fsp3) is 0.500. The van der Waals surface area contributed by atoms with Gasteiger partial charge in [0.15, 0.2) is 0 Å². The van der Waals surface area contributed by atoms with Crippen LogP contribution < -0.4 is 5.32 Å². The normalized spacial score (nSPS) is 14.8. The first kappa shape index (κ1) is 13.1. The molecule has 18 heavy (non-hydrogen) atoms. The van der Waals surface area contributed by atoms with Gasteiger partial charge in [-0.2, -0.15) is 0 Å². The van der Waals surface area contributed by atoms with E-state index in [1.54, 1.807) is 12.3 Å². The van der Waals surface area contributed by atoms with E-state index in [-0.39, 0.29) is 11.8 Å². The van der Waals surface area contributed by atoms with E-state index >= 15 is 0 Å². The molecule has 1 aromatic heterocycles. The molecule has 1 fully saturated rings. The highest BCUT2D eigenvalue weighted by atomic mass is 79.9. The van der Waals surface area contributed by atoms with Crippen LogP contribution in [0.1, 0.15) is 29.8 Å². The van der Waals surface area contributed by atoms with Crippen molar-refractivity contribution in [2.75, 3.05) is 19.6 Å². The van der Waals surface area contributed by atoms with Crippen LogP contribution in [-0.2, 0) is 4.79 Å². The third-order valence-electron chi connectivity index (χ3n) is 2.98. The minimum Gasteiger partial charge on any atom is -0.356 e. The molecule has 1 aliphatic heterocycles. The molecule has 98 valence electrons. The number of H-pyrrole nitrogens is 1. The van der Waals surface area contributed by atoms with Crippen LogP contribution in [0.4, 0.5) is 0 Å². The van der Waals surface area contributed by atoms with Crippen LogP contribution in [0.25, 0.3) is 0 Å². The quantitative estimate of drug-likeness (QED) is 0.885. The third kappa shape index (κ3) is 3.35. The highest BCUT2D eigenvalue weighted by molar-refractivity contribution is 9.10. The van der Waals surface area contributed by atoms with Crippen LogP contribution in [0.15, 0.2) is 16.7 Å². The first-order valence-electron chi connectivity index (χ1n) is 6.07. The van der Waals surface area contributed by atoms with E-state index < -0.39 is 0 Å². The highest BCUT2D eigenvalue weighted by Gasteiger charge is 2.17. The first-order valence-corrected chi connectivity index (χ1v) is 6.86. The Morgan fingerprint density at radius 2 is 2.11 bits per heavy atom. The van der Waals surface area contributed by atoms with Crippen LogP contribution in [-0.4, -0.2) is 41.3 Å². The summed E-state index contributed by atoms with van der Waals surface area (Å²) in [4.78, 5) is 28.1. The Hall–Kier alpha value is -1.30. The van der Waals surface area contributed by atoms with Crippen molar-refractivity contribution in [3.8, 4) is 0 Å². The minimum atomic E-state index is -0.185.